The smallest absolute Gasteiger partial charge is 0.241 e. The van der Waals surface area contributed by atoms with Crippen LogP contribution < -0.4 is 9.88 Å². The summed E-state index contributed by atoms with van der Waals surface area (Å²) in [7, 11) is -2.65. The van der Waals surface area contributed by atoms with E-state index in [1.54, 1.807) is 0 Å². The summed E-state index contributed by atoms with van der Waals surface area (Å²) < 4.78 is 39.1. The van der Waals surface area contributed by atoms with Crippen molar-refractivity contribution in [3.63, 3.8) is 0 Å². The molecule has 1 aromatic rings. The van der Waals surface area contributed by atoms with Gasteiger partial charge in [-0.3, -0.25) is 0 Å². The van der Waals surface area contributed by atoms with Gasteiger partial charge in [-0.2, -0.15) is 0 Å². The number of primary sulfonamides is 1. The van der Waals surface area contributed by atoms with Crippen LogP contribution in [0.2, 0.25) is 0 Å². The maximum absolute atomic E-state index is 12.6. The van der Waals surface area contributed by atoms with Gasteiger partial charge in [-0.25, -0.2) is 17.9 Å². The van der Waals surface area contributed by atoms with E-state index < -0.39 is 15.8 Å². The van der Waals surface area contributed by atoms with E-state index in [-0.39, 0.29) is 10.6 Å². The second-order valence-electron chi connectivity index (χ2n) is 2.34. The number of sulfonamides is 1. The van der Waals surface area contributed by atoms with E-state index in [9.17, 15) is 12.8 Å². The number of nitrogens with two attached hydrogens (primary N) is 1. The summed E-state index contributed by atoms with van der Waals surface area (Å²) in [6.07, 6.45) is 0. The zero-order chi connectivity index (χ0) is 10.1. The van der Waals surface area contributed by atoms with Crippen LogP contribution in [-0.4, -0.2) is 15.5 Å². The second kappa shape index (κ2) is 3.31. The first kappa shape index (κ1) is 9.94. The van der Waals surface area contributed by atoms with Crippen LogP contribution >= 0.6 is 0 Å². The molecule has 1 aromatic carbocycles. The van der Waals surface area contributed by atoms with Crippen LogP contribution in [-0.2, 0) is 10.0 Å². The normalized spacial score (nSPS) is 11.3. The molecule has 4 nitrogen and oxygen atoms in total. The Morgan fingerprint density at radius 2 is 2.08 bits per heavy atom. The van der Waals surface area contributed by atoms with Crippen LogP contribution in [0.3, 0.4) is 0 Å². The standard InChI is InChI=1S/C7H8FNO3S/c1-12-6-3-2-5(8)4-7(6)13(9,10)11/h2-4H,1H3,(H2,9,10,11). The van der Waals surface area contributed by atoms with E-state index in [2.05, 4.69) is 0 Å². The molecule has 2 N–H and O–H groups in total. The van der Waals surface area contributed by atoms with Gasteiger partial charge in [0.2, 0.25) is 10.0 Å². The Morgan fingerprint density at radius 1 is 1.46 bits per heavy atom. The highest BCUT2D eigenvalue weighted by Crippen LogP contribution is 2.22. The lowest BCUT2D eigenvalue weighted by Crippen LogP contribution is -2.13. The Hall–Kier alpha value is -1.14. The molecular formula is C7H8FNO3S. The first-order valence-electron chi connectivity index (χ1n) is 3.31. The van der Waals surface area contributed by atoms with Gasteiger partial charge >= 0.3 is 0 Å². The summed E-state index contributed by atoms with van der Waals surface area (Å²) in [5, 5.41) is 4.83. The van der Waals surface area contributed by atoms with Gasteiger partial charge in [0.1, 0.15) is 16.5 Å². The van der Waals surface area contributed by atoms with Gasteiger partial charge in [-0.15, -0.1) is 0 Å². The monoisotopic (exact) mass is 205 g/mol. The predicted molar refractivity (Wildman–Crippen MR) is 44.3 cm³/mol. The topological polar surface area (TPSA) is 69.4 Å². The second-order valence-corrected chi connectivity index (χ2v) is 3.87. The fraction of sp³-hybridized carbons (Fsp3) is 0.143. The molecule has 0 spiro atoms. The first-order valence-corrected chi connectivity index (χ1v) is 4.86. The minimum Gasteiger partial charge on any atom is -0.495 e. The maximum Gasteiger partial charge on any atom is 0.241 e. The molecule has 0 unspecified atom stereocenters. The lowest BCUT2D eigenvalue weighted by molar-refractivity contribution is 0.401. The number of hydrogen-bond donors (Lipinski definition) is 1. The van der Waals surface area contributed by atoms with Gasteiger partial charge in [0, 0.05) is 0 Å². The number of rotatable bonds is 2. The molecule has 0 aliphatic rings. The average Bonchev–Trinajstić information content (AvgIpc) is 2.03. The van der Waals surface area contributed by atoms with Crippen LogP contribution in [0.25, 0.3) is 0 Å². The first-order chi connectivity index (χ1) is 5.95. The number of benzene rings is 1. The summed E-state index contributed by atoms with van der Waals surface area (Å²) in [4.78, 5) is -0.352. The van der Waals surface area contributed by atoms with Gasteiger partial charge in [0.15, 0.2) is 0 Å². The van der Waals surface area contributed by atoms with Crippen molar-refractivity contribution in [3.05, 3.63) is 24.0 Å². The predicted octanol–water partition coefficient (Wildman–Crippen LogP) is 0.482. The molecule has 1 rings (SSSR count). The van der Waals surface area contributed by atoms with Crippen LogP contribution in [0.4, 0.5) is 4.39 Å². The Morgan fingerprint density at radius 3 is 2.54 bits per heavy atom. The highest BCUT2D eigenvalue weighted by Gasteiger charge is 2.15. The van der Waals surface area contributed by atoms with E-state index in [0.717, 1.165) is 12.1 Å². The van der Waals surface area contributed by atoms with Crippen molar-refractivity contribution in [2.24, 2.45) is 5.14 Å². The lowest BCUT2D eigenvalue weighted by Gasteiger charge is -2.05. The molecule has 0 amide bonds. The van der Waals surface area contributed by atoms with Crippen LogP contribution in [0.1, 0.15) is 0 Å². The van der Waals surface area contributed by atoms with Crippen molar-refractivity contribution in [3.8, 4) is 5.75 Å². The molecule has 0 saturated heterocycles. The van der Waals surface area contributed by atoms with Crippen LogP contribution in [0.15, 0.2) is 23.1 Å². The Kier molecular flexibility index (Phi) is 2.53. The summed E-state index contributed by atoms with van der Waals surface area (Å²) >= 11 is 0. The van der Waals surface area contributed by atoms with Crippen molar-refractivity contribution in [2.45, 2.75) is 4.90 Å². The Balaban J connectivity index is 3.41. The zero-order valence-corrected chi connectivity index (χ0v) is 7.64. The molecule has 0 aromatic heterocycles. The number of hydrogen-bond acceptors (Lipinski definition) is 3. The zero-order valence-electron chi connectivity index (χ0n) is 6.82. The molecule has 0 radical (unpaired) electrons. The molecule has 0 aliphatic carbocycles. The number of halogens is 1. The van der Waals surface area contributed by atoms with Crippen molar-refractivity contribution >= 4 is 10.0 Å². The molecule has 0 atom stereocenters. The van der Waals surface area contributed by atoms with Gasteiger partial charge < -0.3 is 4.74 Å². The van der Waals surface area contributed by atoms with E-state index >= 15 is 0 Å². The molecule has 6 heteroatoms. The van der Waals surface area contributed by atoms with E-state index in [1.807, 2.05) is 0 Å². The number of methoxy groups -OCH3 is 1. The fourth-order valence-electron chi connectivity index (χ4n) is 0.873. The summed E-state index contributed by atoms with van der Waals surface area (Å²) in [6, 6.07) is 3.11. The molecule has 0 heterocycles. The molecule has 0 fully saturated rings. The summed E-state index contributed by atoms with van der Waals surface area (Å²) in [5.74, 6) is -0.645. The van der Waals surface area contributed by atoms with Crippen molar-refractivity contribution in [1.29, 1.82) is 0 Å². The van der Waals surface area contributed by atoms with Crippen molar-refractivity contribution < 1.29 is 17.5 Å². The van der Waals surface area contributed by atoms with Gasteiger partial charge in [0.25, 0.3) is 0 Å². The molecular weight excluding hydrogens is 197 g/mol. The van der Waals surface area contributed by atoms with Crippen LogP contribution in [0, 0.1) is 5.82 Å². The van der Waals surface area contributed by atoms with Crippen molar-refractivity contribution in [2.75, 3.05) is 7.11 Å². The largest absolute Gasteiger partial charge is 0.495 e. The Bertz CT molecular complexity index is 416. The Labute approximate surface area is 75.2 Å². The van der Waals surface area contributed by atoms with Crippen molar-refractivity contribution in [1.82, 2.24) is 0 Å². The molecule has 72 valence electrons. The highest BCUT2D eigenvalue weighted by molar-refractivity contribution is 7.89. The highest BCUT2D eigenvalue weighted by atomic mass is 32.2. The molecule has 0 saturated carbocycles. The lowest BCUT2D eigenvalue weighted by atomic mass is 10.3. The molecule has 0 aliphatic heterocycles. The molecule has 0 bridgehead atoms. The minimum absolute atomic E-state index is 0.0314. The summed E-state index contributed by atoms with van der Waals surface area (Å²) in [5.41, 5.74) is 0. The van der Waals surface area contributed by atoms with Crippen LogP contribution in [0.5, 0.6) is 5.75 Å². The summed E-state index contributed by atoms with van der Waals surface area (Å²) in [6.45, 7) is 0. The average molecular weight is 205 g/mol. The third-order valence-corrected chi connectivity index (χ3v) is 2.36. The minimum atomic E-state index is -3.93. The third-order valence-electron chi connectivity index (χ3n) is 1.43. The van der Waals surface area contributed by atoms with Gasteiger partial charge in [-0.1, -0.05) is 0 Å². The fourth-order valence-corrected chi connectivity index (χ4v) is 1.58. The van der Waals surface area contributed by atoms with E-state index in [4.69, 9.17) is 9.88 Å². The van der Waals surface area contributed by atoms with E-state index in [0.29, 0.717) is 0 Å². The maximum atomic E-state index is 12.6. The quantitative estimate of drug-likeness (QED) is 0.763. The van der Waals surface area contributed by atoms with Gasteiger partial charge in [0.05, 0.1) is 7.11 Å². The third kappa shape index (κ3) is 2.16. The number of ether oxygens (including phenoxy) is 1. The van der Waals surface area contributed by atoms with Gasteiger partial charge in [-0.05, 0) is 18.2 Å². The molecule has 13 heavy (non-hydrogen) atoms. The SMILES string of the molecule is COc1ccc(F)cc1S(N)(=O)=O. The van der Waals surface area contributed by atoms with E-state index in [1.165, 1.54) is 13.2 Å².